The maximum atomic E-state index is 12.5. The van der Waals surface area contributed by atoms with Crippen LogP contribution in [0.2, 0.25) is 0 Å². The summed E-state index contributed by atoms with van der Waals surface area (Å²) in [6, 6.07) is 12.5. The molecule has 0 heterocycles. The molecule has 0 bridgehead atoms. The van der Waals surface area contributed by atoms with Crippen LogP contribution in [0.5, 0.6) is 0 Å². The van der Waals surface area contributed by atoms with E-state index < -0.39 is 22.0 Å². The van der Waals surface area contributed by atoms with E-state index in [1.807, 2.05) is 24.3 Å². The summed E-state index contributed by atoms with van der Waals surface area (Å²) in [6.45, 7) is 4.05. The molecular formula is C21H28N3O4S+. The number of amides is 1. The van der Waals surface area contributed by atoms with Crippen LogP contribution in [0, 0.1) is 0 Å². The molecule has 0 unspecified atom stereocenters. The Balaban J connectivity index is 2.01. The third kappa shape index (κ3) is 6.49. The first-order valence-corrected chi connectivity index (χ1v) is 10.9. The van der Waals surface area contributed by atoms with Crippen molar-refractivity contribution in [2.45, 2.75) is 37.9 Å². The highest BCUT2D eigenvalue weighted by Gasteiger charge is 2.22. The van der Waals surface area contributed by atoms with Gasteiger partial charge in [0.2, 0.25) is 15.9 Å². The quantitative estimate of drug-likeness (QED) is 0.517. The molecule has 7 nitrogen and oxygen atoms in total. The lowest BCUT2D eigenvalue weighted by Crippen LogP contribution is -3.04. The van der Waals surface area contributed by atoms with E-state index in [0.29, 0.717) is 12.1 Å². The molecule has 2 aromatic rings. The van der Waals surface area contributed by atoms with Crippen LogP contribution < -0.4 is 14.9 Å². The summed E-state index contributed by atoms with van der Waals surface area (Å²) in [6.07, 6.45) is 0. The summed E-state index contributed by atoms with van der Waals surface area (Å²) in [4.78, 5) is 25.0. The van der Waals surface area contributed by atoms with E-state index in [2.05, 4.69) is 24.1 Å². The third-order valence-corrected chi connectivity index (χ3v) is 5.97. The maximum Gasteiger partial charge on any atom is 0.241 e. The zero-order valence-electron chi connectivity index (χ0n) is 17.2. The van der Waals surface area contributed by atoms with Crippen molar-refractivity contribution in [2.24, 2.45) is 0 Å². The molecule has 0 fully saturated rings. The molecule has 0 saturated heterocycles. The van der Waals surface area contributed by atoms with Gasteiger partial charge in [-0.25, -0.2) is 8.42 Å². The maximum absolute atomic E-state index is 12.5. The van der Waals surface area contributed by atoms with Crippen LogP contribution in [0.4, 0.5) is 0 Å². The van der Waals surface area contributed by atoms with E-state index in [-0.39, 0.29) is 10.7 Å². The van der Waals surface area contributed by atoms with Crippen molar-refractivity contribution >= 4 is 21.7 Å². The minimum absolute atomic E-state index is 0.00135. The number of hydrogen-bond donors (Lipinski definition) is 3. The molecule has 0 spiro atoms. The van der Waals surface area contributed by atoms with Gasteiger partial charge in [-0.3, -0.25) is 9.59 Å². The van der Waals surface area contributed by atoms with Crippen molar-refractivity contribution in [3.05, 3.63) is 65.2 Å². The Kier molecular flexibility index (Phi) is 7.66. The van der Waals surface area contributed by atoms with E-state index in [1.54, 1.807) is 0 Å². The zero-order chi connectivity index (χ0) is 21.6. The molecule has 1 atom stereocenters. The molecule has 8 heteroatoms. The predicted molar refractivity (Wildman–Crippen MR) is 111 cm³/mol. The van der Waals surface area contributed by atoms with E-state index in [4.69, 9.17) is 0 Å². The van der Waals surface area contributed by atoms with Gasteiger partial charge >= 0.3 is 0 Å². The fourth-order valence-electron chi connectivity index (χ4n) is 2.84. The molecule has 2 rings (SSSR count). The first-order chi connectivity index (χ1) is 13.6. The van der Waals surface area contributed by atoms with E-state index in [1.165, 1.54) is 43.0 Å². The zero-order valence-corrected chi connectivity index (χ0v) is 18.0. The molecule has 2 aromatic carbocycles. The van der Waals surface area contributed by atoms with E-state index >= 15 is 0 Å². The van der Waals surface area contributed by atoms with Gasteiger partial charge in [0.05, 0.1) is 25.0 Å². The Morgan fingerprint density at radius 3 is 2.14 bits per heavy atom. The minimum atomic E-state index is -3.88. The molecule has 29 heavy (non-hydrogen) atoms. The topological polar surface area (TPSA) is 96.8 Å². The van der Waals surface area contributed by atoms with Crippen LogP contribution in [0.15, 0.2) is 53.4 Å². The number of Topliss-reactive ketones (excluding diaryl/α,β-unsaturated/α-hetero) is 1. The molecule has 0 aliphatic carbocycles. The standard InChI is InChI=1S/C21H27N3O4S/c1-15(23-29(27,28)20-11-9-17(10-12-20)16(2)25)21(26)22-13-18-7-5-6-8-19(18)14-24(3)4/h5-12,15,23H,13-14H2,1-4H3,(H,22,26)/p+1/t15-/m0/s1. The van der Waals surface area contributed by atoms with Crippen LogP contribution in [0.1, 0.15) is 35.3 Å². The Morgan fingerprint density at radius 2 is 1.59 bits per heavy atom. The number of carbonyl (C=O) groups is 2. The van der Waals surface area contributed by atoms with Crippen molar-refractivity contribution in [3.63, 3.8) is 0 Å². The number of benzene rings is 2. The summed E-state index contributed by atoms with van der Waals surface area (Å²) in [5.41, 5.74) is 2.55. The summed E-state index contributed by atoms with van der Waals surface area (Å²) in [5.74, 6) is -0.563. The lowest BCUT2D eigenvalue weighted by molar-refractivity contribution is -0.872. The molecule has 1 amide bonds. The van der Waals surface area contributed by atoms with Gasteiger partial charge in [0, 0.05) is 17.7 Å². The van der Waals surface area contributed by atoms with Crippen molar-refractivity contribution in [3.8, 4) is 0 Å². The second-order valence-electron chi connectivity index (χ2n) is 7.29. The van der Waals surface area contributed by atoms with Gasteiger partial charge < -0.3 is 10.2 Å². The molecule has 0 saturated carbocycles. The SMILES string of the molecule is CC(=O)c1ccc(S(=O)(=O)N[C@@H](C)C(=O)NCc2ccccc2C[NH+](C)C)cc1. The van der Waals surface area contributed by atoms with Crippen LogP contribution in [-0.2, 0) is 27.9 Å². The lowest BCUT2D eigenvalue weighted by atomic mass is 10.1. The fraction of sp³-hybridized carbons (Fsp3) is 0.333. The van der Waals surface area contributed by atoms with Gasteiger partial charge in [0.25, 0.3) is 0 Å². The van der Waals surface area contributed by atoms with Gasteiger partial charge in [-0.1, -0.05) is 36.4 Å². The number of rotatable bonds is 9. The summed E-state index contributed by atoms with van der Waals surface area (Å²) >= 11 is 0. The van der Waals surface area contributed by atoms with Crippen molar-refractivity contribution in [2.75, 3.05) is 14.1 Å². The third-order valence-electron chi connectivity index (χ3n) is 4.41. The van der Waals surface area contributed by atoms with Crippen molar-refractivity contribution < 1.29 is 22.9 Å². The Labute approximate surface area is 172 Å². The van der Waals surface area contributed by atoms with Crippen molar-refractivity contribution in [1.29, 1.82) is 0 Å². The summed E-state index contributed by atoms with van der Waals surface area (Å²) in [5, 5.41) is 2.79. The minimum Gasteiger partial charge on any atom is -0.351 e. The van der Waals surface area contributed by atoms with Gasteiger partial charge in [0.1, 0.15) is 6.54 Å². The monoisotopic (exact) mass is 418 g/mol. The largest absolute Gasteiger partial charge is 0.351 e. The highest BCUT2D eigenvalue weighted by Crippen LogP contribution is 2.12. The van der Waals surface area contributed by atoms with Gasteiger partial charge in [-0.15, -0.1) is 0 Å². The highest BCUT2D eigenvalue weighted by atomic mass is 32.2. The first-order valence-electron chi connectivity index (χ1n) is 9.37. The normalized spacial score (nSPS) is 12.6. The summed E-state index contributed by atoms with van der Waals surface area (Å²) < 4.78 is 27.4. The van der Waals surface area contributed by atoms with E-state index in [0.717, 1.165) is 17.7 Å². The average Bonchev–Trinajstić information content (AvgIpc) is 2.66. The Bertz CT molecular complexity index is 970. The molecule has 0 aromatic heterocycles. The molecule has 3 N–H and O–H groups in total. The van der Waals surface area contributed by atoms with Gasteiger partial charge in [-0.05, 0) is 31.5 Å². The number of quaternary nitrogens is 1. The summed E-state index contributed by atoms with van der Waals surface area (Å²) in [7, 11) is 0.222. The average molecular weight is 419 g/mol. The molecule has 156 valence electrons. The Hall–Kier alpha value is -2.55. The van der Waals surface area contributed by atoms with Crippen LogP contribution in [-0.4, -0.2) is 40.2 Å². The number of carbonyl (C=O) groups excluding carboxylic acids is 2. The number of hydrogen-bond acceptors (Lipinski definition) is 4. The molecule has 0 aliphatic heterocycles. The first kappa shape index (κ1) is 22.7. The smallest absolute Gasteiger partial charge is 0.241 e. The Morgan fingerprint density at radius 1 is 1.00 bits per heavy atom. The number of ketones is 1. The highest BCUT2D eigenvalue weighted by molar-refractivity contribution is 7.89. The van der Waals surface area contributed by atoms with Gasteiger partial charge in [-0.2, -0.15) is 4.72 Å². The fourth-order valence-corrected chi connectivity index (χ4v) is 4.04. The van der Waals surface area contributed by atoms with Gasteiger partial charge in [0.15, 0.2) is 5.78 Å². The van der Waals surface area contributed by atoms with E-state index in [9.17, 15) is 18.0 Å². The second kappa shape index (κ2) is 9.78. The second-order valence-corrected chi connectivity index (χ2v) is 9.01. The molecule has 0 aliphatic rings. The van der Waals surface area contributed by atoms with Crippen LogP contribution in [0.25, 0.3) is 0 Å². The molecular weight excluding hydrogens is 390 g/mol. The van der Waals surface area contributed by atoms with Crippen LogP contribution in [0.3, 0.4) is 0 Å². The number of nitrogens with one attached hydrogen (secondary N) is 3. The lowest BCUT2D eigenvalue weighted by Gasteiger charge is -2.16. The molecule has 0 radical (unpaired) electrons. The predicted octanol–water partition coefficient (Wildman–Crippen LogP) is 0.517. The van der Waals surface area contributed by atoms with Crippen molar-refractivity contribution in [1.82, 2.24) is 10.0 Å². The van der Waals surface area contributed by atoms with Crippen LogP contribution >= 0.6 is 0 Å². The number of sulfonamides is 1.